The Hall–Kier alpha value is -2.03. The lowest BCUT2D eigenvalue weighted by Crippen LogP contribution is -1.80. The lowest BCUT2D eigenvalue weighted by atomic mass is 10.0. The first-order valence-electron chi connectivity index (χ1n) is 6.27. The van der Waals surface area contributed by atoms with E-state index in [1.54, 1.807) is 18.2 Å². The maximum absolute atomic E-state index is 10.6. The fourth-order valence-electron chi connectivity index (χ4n) is 2.12. The lowest BCUT2D eigenvalue weighted by Gasteiger charge is -2.05. The van der Waals surface area contributed by atoms with Crippen molar-refractivity contribution in [3.63, 3.8) is 0 Å². The molecule has 1 aromatic heterocycles. The Bertz CT molecular complexity index is 769. The summed E-state index contributed by atoms with van der Waals surface area (Å²) < 4.78 is 5.39. The predicted molar refractivity (Wildman–Crippen MR) is 85.0 cm³/mol. The van der Waals surface area contributed by atoms with Gasteiger partial charge in [-0.15, -0.1) is 0 Å². The van der Waals surface area contributed by atoms with Gasteiger partial charge >= 0.3 is 0 Å². The van der Waals surface area contributed by atoms with E-state index >= 15 is 0 Å². The highest BCUT2D eigenvalue weighted by Crippen LogP contribution is 2.29. The highest BCUT2D eigenvalue weighted by Gasteiger charge is 2.06. The van der Waals surface area contributed by atoms with Gasteiger partial charge in [0.05, 0.1) is 0 Å². The van der Waals surface area contributed by atoms with E-state index in [-0.39, 0.29) is 0 Å². The molecule has 0 saturated heterocycles. The van der Waals surface area contributed by atoms with Crippen LogP contribution in [0.4, 0.5) is 0 Å². The quantitative estimate of drug-likeness (QED) is 0.577. The van der Waals surface area contributed by atoms with Crippen molar-refractivity contribution in [2.75, 3.05) is 0 Å². The van der Waals surface area contributed by atoms with Gasteiger partial charge in [-0.05, 0) is 41.5 Å². The van der Waals surface area contributed by atoms with Gasteiger partial charge in [0.15, 0.2) is 12.0 Å². The molecule has 1 heterocycles. The molecule has 2 nitrogen and oxygen atoms in total. The van der Waals surface area contributed by atoms with Crippen LogP contribution in [0.5, 0.6) is 0 Å². The van der Waals surface area contributed by atoms with E-state index in [4.69, 9.17) is 27.6 Å². The van der Waals surface area contributed by atoms with Crippen molar-refractivity contribution in [3.8, 4) is 22.5 Å². The lowest BCUT2D eigenvalue weighted by molar-refractivity contribution is 0.110. The average Bonchev–Trinajstić information content (AvgIpc) is 2.95. The summed E-state index contributed by atoms with van der Waals surface area (Å²) in [7, 11) is 0. The minimum Gasteiger partial charge on any atom is -0.453 e. The Morgan fingerprint density at radius 2 is 1.38 bits per heavy atom. The van der Waals surface area contributed by atoms with Crippen molar-refractivity contribution in [3.05, 3.63) is 70.4 Å². The molecular formula is C17H10Cl2O2. The zero-order valence-corrected chi connectivity index (χ0v) is 12.4. The van der Waals surface area contributed by atoms with Gasteiger partial charge < -0.3 is 4.42 Å². The summed E-state index contributed by atoms with van der Waals surface area (Å²) in [5.41, 5.74) is 2.86. The van der Waals surface area contributed by atoms with Crippen LogP contribution in [0.1, 0.15) is 10.6 Å². The number of hydrogen-bond acceptors (Lipinski definition) is 2. The summed E-state index contributed by atoms with van der Waals surface area (Å²) in [4.78, 5) is 10.6. The number of benzene rings is 2. The molecule has 0 amide bonds. The summed E-state index contributed by atoms with van der Waals surface area (Å²) in [6.07, 6.45) is 0.686. The first-order chi connectivity index (χ1) is 10.2. The van der Waals surface area contributed by atoms with E-state index in [0.29, 0.717) is 27.9 Å². The normalized spacial score (nSPS) is 10.6. The van der Waals surface area contributed by atoms with Crippen LogP contribution in [0.15, 0.2) is 59.0 Å². The van der Waals surface area contributed by atoms with Crippen molar-refractivity contribution >= 4 is 29.5 Å². The van der Waals surface area contributed by atoms with Gasteiger partial charge in [-0.25, -0.2) is 0 Å². The zero-order valence-electron chi connectivity index (χ0n) is 10.8. The second-order valence-corrected chi connectivity index (χ2v) is 5.43. The predicted octanol–water partition coefficient (Wildman–Crippen LogP) is 5.73. The zero-order chi connectivity index (χ0) is 14.8. The van der Waals surface area contributed by atoms with Gasteiger partial charge in [0.25, 0.3) is 0 Å². The van der Waals surface area contributed by atoms with E-state index in [2.05, 4.69) is 0 Å². The molecule has 0 aliphatic carbocycles. The minimum atomic E-state index is 0.315. The second kappa shape index (κ2) is 5.76. The van der Waals surface area contributed by atoms with E-state index in [1.807, 2.05) is 36.4 Å². The van der Waals surface area contributed by atoms with Crippen LogP contribution >= 0.6 is 23.2 Å². The molecule has 0 fully saturated rings. The summed E-state index contributed by atoms with van der Waals surface area (Å²) in [6, 6.07) is 16.6. The van der Waals surface area contributed by atoms with Crippen molar-refractivity contribution in [2.45, 2.75) is 0 Å². The van der Waals surface area contributed by atoms with Crippen molar-refractivity contribution in [1.82, 2.24) is 0 Å². The van der Waals surface area contributed by atoms with Gasteiger partial charge in [-0.2, -0.15) is 0 Å². The first-order valence-corrected chi connectivity index (χ1v) is 7.03. The molecule has 4 heteroatoms. The number of aldehydes is 1. The summed E-state index contributed by atoms with van der Waals surface area (Å²) in [5.74, 6) is 0.975. The Morgan fingerprint density at radius 3 is 1.95 bits per heavy atom. The molecular weight excluding hydrogens is 307 g/mol. The van der Waals surface area contributed by atoms with E-state index in [0.717, 1.165) is 16.7 Å². The highest BCUT2D eigenvalue weighted by atomic mass is 35.5. The molecule has 3 aromatic rings. The summed E-state index contributed by atoms with van der Waals surface area (Å²) in [6.45, 7) is 0. The molecule has 0 aliphatic rings. The number of rotatable bonds is 3. The van der Waals surface area contributed by atoms with E-state index in [1.165, 1.54) is 0 Å². The van der Waals surface area contributed by atoms with Gasteiger partial charge in [0.2, 0.25) is 0 Å². The van der Waals surface area contributed by atoms with Crippen LogP contribution in [-0.2, 0) is 0 Å². The number of carbonyl (C=O) groups is 1. The van der Waals surface area contributed by atoms with E-state index in [9.17, 15) is 4.79 Å². The van der Waals surface area contributed by atoms with Crippen LogP contribution < -0.4 is 0 Å². The van der Waals surface area contributed by atoms with Crippen molar-refractivity contribution < 1.29 is 9.21 Å². The third-order valence-electron chi connectivity index (χ3n) is 3.11. The van der Waals surface area contributed by atoms with Crippen molar-refractivity contribution in [2.24, 2.45) is 0 Å². The Kier molecular flexibility index (Phi) is 3.82. The van der Waals surface area contributed by atoms with Gasteiger partial charge in [0, 0.05) is 15.6 Å². The molecule has 0 atom stereocenters. The van der Waals surface area contributed by atoms with Crippen LogP contribution in [-0.4, -0.2) is 6.29 Å². The fourth-order valence-corrected chi connectivity index (χ4v) is 2.64. The average molecular weight is 317 g/mol. The number of hydrogen-bond donors (Lipinski definition) is 0. The largest absolute Gasteiger partial charge is 0.453 e. The highest BCUT2D eigenvalue weighted by molar-refractivity contribution is 6.35. The van der Waals surface area contributed by atoms with Crippen LogP contribution in [0.25, 0.3) is 22.5 Å². The maximum atomic E-state index is 10.6. The molecule has 2 aromatic carbocycles. The molecule has 0 spiro atoms. The molecule has 0 bridgehead atoms. The molecule has 0 saturated carbocycles. The second-order valence-electron chi connectivity index (χ2n) is 4.56. The first kappa shape index (κ1) is 13.9. The van der Waals surface area contributed by atoms with Crippen molar-refractivity contribution in [1.29, 1.82) is 0 Å². The third kappa shape index (κ3) is 3.02. The minimum absolute atomic E-state index is 0.315. The molecule has 3 rings (SSSR count). The molecule has 0 aliphatic heterocycles. The van der Waals surface area contributed by atoms with Crippen LogP contribution in [0.3, 0.4) is 0 Å². The molecule has 21 heavy (non-hydrogen) atoms. The fraction of sp³-hybridized carbons (Fsp3) is 0. The number of carbonyl (C=O) groups excluding carboxylic acids is 1. The summed E-state index contributed by atoms with van der Waals surface area (Å²) in [5, 5.41) is 1.20. The SMILES string of the molecule is O=Cc1ccc(-c2ccc(-c3cc(Cl)cc(Cl)c3)cc2)o1. The van der Waals surface area contributed by atoms with Gasteiger partial charge in [-0.1, -0.05) is 47.5 Å². The Morgan fingerprint density at radius 1 is 0.762 bits per heavy atom. The molecule has 0 N–H and O–H groups in total. The van der Waals surface area contributed by atoms with Gasteiger partial charge in [-0.3, -0.25) is 4.79 Å². The van der Waals surface area contributed by atoms with E-state index < -0.39 is 0 Å². The molecule has 0 radical (unpaired) electrons. The van der Waals surface area contributed by atoms with Crippen LogP contribution in [0, 0.1) is 0 Å². The smallest absolute Gasteiger partial charge is 0.185 e. The number of halogens is 2. The third-order valence-corrected chi connectivity index (χ3v) is 3.54. The topological polar surface area (TPSA) is 30.2 Å². The standard InChI is InChI=1S/C17H10Cl2O2/c18-14-7-13(8-15(19)9-14)11-1-3-12(4-2-11)17-6-5-16(10-20)21-17/h1-10H. The summed E-state index contributed by atoms with van der Waals surface area (Å²) >= 11 is 12.0. The maximum Gasteiger partial charge on any atom is 0.185 e. The monoisotopic (exact) mass is 316 g/mol. The molecule has 104 valence electrons. The molecule has 0 unspecified atom stereocenters. The Labute approximate surface area is 131 Å². The van der Waals surface area contributed by atoms with Gasteiger partial charge in [0.1, 0.15) is 5.76 Å². The Balaban J connectivity index is 1.95. The van der Waals surface area contributed by atoms with Crippen LogP contribution in [0.2, 0.25) is 10.0 Å². The number of furan rings is 1.